The van der Waals surface area contributed by atoms with E-state index < -0.39 is 0 Å². The first-order valence-corrected chi connectivity index (χ1v) is 4.87. The van der Waals surface area contributed by atoms with Crippen molar-refractivity contribution in [2.75, 3.05) is 0 Å². The summed E-state index contributed by atoms with van der Waals surface area (Å²) in [6, 6.07) is 18.3. The maximum atomic E-state index is 5.11. The molecule has 2 rings (SSSR count). The van der Waals surface area contributed by atoms with Crippen molar-refractivity contribution in [3.8, 4) is 11.1 Å². The molecule has 0 saturated heterocycles. The van der Waals surface area contributed by atoms with E-state index in [-0.39, 0.29) is 12.4 Å². The van der Waals surface area contributed by atoms with Crippen LogP contribution in [0.15, 0.2) is 54.6 Å². The van der Waals surface area contributed by atoms with Crippen LogP contribution < -0.4 is 5.90 Å². The molecule has 2 nitrogen and oxygen atoms in total. The summed E-state index contributed by atoms with van der Waals surface area (Å²) >= 11 is 0. The van der Waals surface area contributed by atoms with Gasteiger partial charge in [0.1, 0.15) is 0 Å². The largest absolute Gasteiger partial charge is 0.300 e. The number of halogens is 1. The highest BCUT2D eigenvalue weighted by atomic mass is 35.5. The smallest absolute Gasteiger partial charge is 0.0936 e. The Hall–Kier alpha value is -1.35. The van der Waals surface area contributed by atoms with E-state index >= 15 is 0 Å². The van der Waals surface area contributed by atoms with Crippen LogP contribution in [0.1, 0.15) is 5.56 Å². The van der Waals surface area contributed by atoms with Crippen molar-refractivity contribution in [2.24, 2.45) is 5.90 Å². The Balaban J connectivity index is 0.00000128. The van der Waals surface area contributed by atoms with Gasteiger partial charge in [0.2, 0.25) is 0 Å². The van der Waals surface area contributed by atoms with Crippen LogP contribution >= 0.6 is 12.4 Å². The van der Waals surface area contributed by atoms with Gasteiger partial charge in [0.25, 0.3) is 0 Å². The minimum absolute atomic E-state index is 0. The van der Waals surface area contributed by atoms with Crippen LogP contribution in [0.25, 0.3) is 11.1 Å². The number of hydrogen-bond acceptors (Lipinski definition) is 2. The van der Waals surface area contributed by atoms with Crippen LogP contribution in [-0.4, -0.2) is 0 Å². The quantitative estimate of drug-likeness (QED) is 0.830. The lowest BCUT2D eigenvalue weighted by atomic mass is 10.0. The van der Waals surface area contributed by atoms with Gasteiger partial charge >= 0.3 is 0 Å². The van der Waals surface area contributed by atoms with E-state index in [9.17, 15) is 0 Å². The predicted molar refractivity (Wildman–Crippen MR) is 68.1 cm³/mol. The lowest BCUT2D eigenvalue weighted by Gasteiger charge is -2.07. The lowest BCUT2D eigenvalue weighted by Crippen LogP contribution is -2.00. The average Bonchev–Trinajstić information content (AvgIpc) is 2.31. The summed E-state index contributed by atoms with van der Waals surface area (Å²) in [7, 11) is 0. The first-order valence-electron chi connectivity index (χ1n) is 4.87. The second-order valence-corrected chi connectivity index (χ2v) is 3.33. The van der Waals surface area contributed by atoms with Crippen molar-refractivity contribution in [3.05, 3.63) is 60.2 Å². The van der Waals surface area contributed by atoms with Crippen LogP contribution in [-0.2, 0) is 11.4 Å². The van der Waals surface area contributed by atoms with E-state index in [2.05, 4.69) is 18.2 Å². The van der Waals surface area contributed by atoms with Crippen molar-refractivity contribution in [2.45, 2.75) is 6.61 Å². The Morgan fingerprint density at radius 3 is 2.19 bits per heavy atom. The van der Waals surface area contributed by atoms with Crippen LogP contribution in [0.5, 0.6) is 0 Å². The molecule has 0 radical (unpaired) electrons. The van der Waals surface area contributed by atoms with Gasteiger partial charge in [-0.05, 0) is 16.7 Å². The molecule has 0 atom stereocenters. The fourth-order valence-corrected chi connectivity index (χ4v) is 1.64. The van der Waals surface area contributed by atoms with Crippen molar-refractivity contribution < 1.29 is 4.84 Å². The van der Waals surface area contributed by atoms with Crippen molar-refractivity contribution in [1.82, 2.24) is 0 Å². The van der Waals surface area contributed by atoms with Gasteiger partial charge in [-0.3, -0.25) is 4.84 Å². The minimum atomic E-state index is 0. The molecule has 2 aromatic carbocycles. The average molecular weight is 236 g/mol. The van der Waals surface area contributed by atoms with E-state index in [0.29, 0.717) is 6.61 Å². The van der Waals surface area contributed by atoms with Gasteiger partial charge in [0.05, 0.1) is 6.61 Å². The number of nitrogens with two attached hydrogens (primary N) is 1. The van der Waals surface area contributed by atoms with Crippen LogP contribution in [0, 0.1) is 0 Å². The Labute approximate surface area is 101 Å². The highest BCUT2D eigenvalue weighted by Crippen LogP contribution is 2.23. The topological polar surface area (TPSA) is 35.2 Å². The normalized spacial score (nSPS) is 9.56. The first kappa shape index (κ1) is 12.7. The van der Waals surface area contributed by atoms with Gasteiger partial charge in [0.15, 0.2) is 0 Å². The van der Waals surface area contributed by atoms with E-state index in [1.807, 2.05) is 36.4 Å². The Bertz CT molecular complexity index is 431. The molecule has 0 aromatic heterocycles. The maximum Gasteiger partial charge on any atom is 0.0936 e. The molecule has 2 N–H and O–H groups in total. The summed E-state index contributed by atoms with van der Waals surface area (Å²) in [5.41, 5.74) is 3.46. The molecule has 16 heavy (non-hydrogen) atoms. The molecule has 0 aliphatic rings. The van der Waals surface area contributed by atoms with E-state index in [4.69, 9.17) is 10.7 Å². The molecule has 0 amide bonds. The fourth-order valence-electron chi connectivity index (χ4n) is 1.64. The zero-order valence-electron chi connectivity index (χ0n) is 8.80. The van der Waals surface area contributed by atoms with Crippen molar-refractivity contribution >= 4 is 12.4 Å². The molecule has 2 aromatic rings. The van der Waals surface area contributed by atoms with Gasteiger partial charge in [-0.15, -0.1) is 12.4 Å². The monoisotopic (exact) mass is 235 g/mol. The van der Waals surface area contributed by atoms with Gasteiger partial charge in [-0.25, -0.2) is 5.90 Å². The molecule has 0 saturated carbocycles. The third kappa shape index (κ3) is 2.83. The maximum absolute atomic E-state index is 5.11. The Morgan fingerprint density at radius 1 is 0.875 bits per heavy atom. The molecule has 0 unspecified atom stereocenters. The Kier molecular flexibility index (Phi) is 4.99. The summed E-state index contributed by atoms with van der Waals surface area (Å²) in [6.07, 6.45) is 0. The van der Waals surface area contributed by atoms with Crippen LogP contribution in [0.2, 0.25) is 0 Å². The van der Waals surface area contributed by atoms with Gasteiger partial charge in [-0.1, -0.05) is 54.6 Å². The molecular weight excluding hydrogens is 222 g/mol. The second kappa shape index (κ2) is 6.28. The minimum Gasteiger partial charge on any atom is -0.300 e. The van der Waals surface area contributed by atoms with E-state index in [0.717, 1.165) is 5.56 Å². The Morgan fingerprint density at radius 2 is 1.50 bits per heavy atom. The van der Waals surface area contributed by atoms with Crippen LogP contribution in [0.3, 0.4) is 0 Å². The molecule has 3 heteroatoms. The molecule has 0 spiro atoms. The van der Waals surface area contributed by atoms with E-state index in [1.165, 1.54) is 11.1 Å². The summed E-state index contributed by atoms with van der Waals surface area (Å²) in [5.74, 6) is 5.11. The SMILES string of the molecule is Cl.NOCc1ccccc1-c1ccccc1. The molecule has 0 heterocycles. The summed E-state index contributed by atoms with van der Waals surface area (Å²) in [4.78, 5) is 4.69. The summed E-state index contributed by atoms with van der Waals surface area (Å²) in [5, 5.41) is 0. The van der Waals surface area contributed by atoms with Crippen molar-refractivity contribution in [1.29, 1.82) is 0 Å². The summed E-state index contributed by atoms with van der Waals surface area (Å²) < 4.78 is 0. The molecule has 0 bridgehead atoms. The number of hydrogen-bond donors (Lipinski definition) is 1. The zero-order chi connectivity index (χ0) is 10.5. The summed E-state index contributed by atoms with van der Waals surface area (Å²) in [6.45, 7) is 0.436. The first-order chi connectivity index (χ1) is 7.42. The molecule has 0 aliphatic heterocycles. The van der Waals surface area contributed by atoms with Gasteiger partial charge in [0, 0.05) is 0 Å². The van der Waals surface area contributed by atoms with E-state index in [1.54, 1.807) is 0 Å². The van der Waals surface area contributed by atoms with Gasteiger partial charge in [-0.2, -0.15) is 0 Å². The third-order valence-electron chi connectivity index (χ3n) is 2.34. The standard InChI is InChI=1S/C13H13NO.ClH/c14-15-10-12-8-4-5-9-13(12)11-6-2-1-3-7-11;/h1-9H,10,14H2;1H. The third-order valence-corrected chi connectivity index (χ3v) is 2.34. The highest BCUT2D eigenvalue weighted by molar-refractivity contribution is 5.85. The highest BCUT2D eigenvalue weighted by Gasteiger charge is 2.02. The molecule has 0 aliphatic carbocycles. The second-order valence-electron chi connectivity index (χ2n) is 3.33. The number of rotatable bonds is 3. The zero-order valence-corrected chi connectivity index (χ0v) is 9.61. The fraction of sp³-hybridized carbons (Fsp3) is 0.0769. The lowest BCUT2D eigenvalue weighted by molar-refractivity contribution is 0.124. The molecule has 0 fully saturated rings. The molecule has 84 valence electrons. The van der Waals surface area contributed by atoms with Crippen molar-refractivity contribution in [3.63, 3.8) is 0 Å². The van der Waals surface area contributed by atoms with Crippen LogP contribution in [0.4, 0.5) is 0 Å². The molecular formula is C13H14ClNO. The van der Waals surface area contributed by atoms with Gasteiger partial charge < -0.3 is 0 Å². The predicted octanol–water partition coefficient (Wildman–Crippen LogP) is 3.17. The number of benzene rings is 2.